The van der Waals surface area contributed by atoms with Gasteiger partial charge in [0.2, 0.25) is 10.0 Å². The fourth-order valence-electron chi connectivity index (χ4n) is 3.17. The van der Waals surface area contributed by atoms with Crippen LogP contribution in [0.5, 0.6) is 0 Å². The number of amides is 1. The van der Waals surface area contributed by atoms with Crippen LogP contribution in [0.1, 0.15) is 35.7 Å². The minimum absolute atomic E-state index is 0.0540. The third-order valence-electron chi connectivity index (χ3n) is 4.69. The molecule has 6 heteroatoms. The second kappa shape index (κ2) is 8.01. The van der Waals surface area contributed by atoms with Crippen LogP contribution in [0.2, 0.25) is 0 Å². The van der Waals surface area contributed by atoms with Gasteiger partial charge in [0, 0.05) is 31.7 Å². The highest BCUT2D eigenvalue weighted by atomic mass is 32.2. The molecule has 0 radical (unpaired) electrons. The molecule has 0 unspecified atom stereocenters. The molecule has 0 aromatic heterocycles. The summed E-state index contributed by atoms with van der Waals surface area (Å²) in [5.74, 6) is 0.0540. The molecule has 1 saturated heterocycles. The van der Waals surface area contributed by atoms with Gasteiger partial charge in [-0.2, -0.15) is 4.31 Å². The number of carbonyl (C=O) groups excluding carboxylic acids is 1. The summed E-state index contributed by atoms with van der Waals surface area (Å²) in [7, 11) is -3.53. The molecular formula is C20H24N2O3S. The highest BCUT2D eigenvalue weighted by molar-refractivity contribution is 7.89. The highest BCUT2D eigenvalue weighted by Gasteiger charge is 2.23. The van der Waals surface area contributed by atoms with Crippen molar-refractivity contribution in [2.45, 2.75) is 31.2 Å². The predicted molar refractivity (Wildman–Crippen MR) is 101 cm³/mol. The number of rotatable bonds is 6. The molecule has 3 rings (SSSR count). The van der Waals surface area contributed by atoms with E-state index < -0.39 is 10.0 Å². The maximum absolute atomic E-state index is 12.8. The van der Waals surface area contributed by atoms with E-state index in [9.17, 15) is 13.2 Å². The van der Waals surface area contributed by atoms with Crippen LogP contribution in [0.3, 0.4) is 0 Å². The standard InChI is InChI=1S/C20H24N2O3S/c1-2-22(26(24,25)19-8-4-3-5-9-19)16-17-10-12-18(13-11-17)20(23)21-14-6-7-15-21/h3-5,8-13H,2,6-7,14-16H2,1H3. The molecule has 0 aliphatic carbocycles. The summed E-state index contributed by atoms with van der Waals surface area (Å²) in [4.78, 5) is 14.6. The van der Waals surface area contributed by atoms with Crippen LogP contribution < -0.4 is 0 Å². The van der Waals surface area contributed by atoms with E-state index in [0.717, 1.165) is 31.5 Å². The van der Waals surface area contributed by atoms with Crippen molar-refractivity contribution in [3.8, 4) is 0 Å². The fourth-order valence-corrected chi connectivity index (χ4v) is 4.63. The summed E-state index contributed by atoms with van der Waals surface area (Å²) in [6, 6.07) is 15.7. The third-order valence-corrected chi connectivity index (χ3v) is 6.62. The normalized spacial score (nSPS) is 14.8. The van der Waals surface area contributed by atoms with E-state index in [4.69, 9.17) is 0 Å². The summed E-state index contributed by atoms with van der Waals surface area (Å²) >= 11 is 0. The number of hydrogen-bond donors (Lipinski definition) is 0. The largest absolute Gasteiger partial charge is 0.339 e. The summed E-state index contributed by atoms with van der Waals surface area (Å²) in [5, 5.41) is 0. The molecule has 0 atom stereocenters. The Labute approximate surface area is 155 Å². The van der Waals surface area contributed by atoms with Crippen molar-refractivity contribution in [1.29, 1.82) is 0 Å². The van der Waals surface area contributed by atoms with E-state index >= 15 is 0 Å². The van der Waals surface area contributed by atoms with Crippen molar-refractivity contribution in [2.75, 3.05) is 19.6 Å². The van der Waals surface area contributed by atoms with Crippen LogP contribution in [0.15, 0.2) is 59.5 Å². The third kappa shape index (κ3) is 3.97. The van der Waals surface area contributed by atoms with Crippen molar-refractivity contribution < 1.29 is 13.2 Å². The molecule has 0 spiro atoms. The second-order valence-electron chi connectivity index (χ2n) is 6.44. The van der Waals surface area contributed by atoms with Crippen LogP contribution in [0, 0.1) is 0 Å². The Bertz CT molecular complexity index is 842. The van der Waals surface area contributed by atoms with Gasteiger partial charge in [-0.15, -0.1) is 0 Å². The summed E-state index contributed by atoms with van der Waals surface area (Å²) in [6.45, 7) is 4.13. The molecular weight excluding hydrogens is 348 g/mol. The molecule has 1 aliphatic rings. The Morgan fingerprint density at radius 1 is 1.00 bits per heavy atom. The van der Waals surface area contributed by atoms with Gasteiger partial charge >= 0.3 is 0 Å². The monoisotopic (exact) mass is 372 g/mol. The Kier molecular flexibility index (Phi) is 5.74. The first kappa shape index (κ1) is 18.6. The molecule has 2 aromatic rings. The smallest absolute Gasteiger partial charge is 0.253 e. The van der Waals surface area contributed by atoms with Crippen molar-refractivity contribution in [2.24, 2.45) is 0 Å². The molecule has 26 heavy (non-hydrogen) atoms. The summed E-state index contributed by atoms with van der Waals surface area (Å²) < 4.78 is 27.0. The van der Waals surface area contributed by atoms with Crippen LogP contribution in [-0.2, 0) is 16.6 Å². The van der Waals surface area contributed by atoms with Gasteiger partial charge in [0.25, 0.3) is 5.91 Å². The Balaban J connectivity index is 1.74. The second-order valence-corrected chi connectivity index (χ2v) is 8.38. The molecule has 2 aromatic carbocycles. The Hall–Kier alpha value is -2.18. The zero-order valence-corrected chi connectivity index (χ0v) is 15.8. The zero-order chi connectivity index (χ0) is 18.6. The number of sulfonamides is 1. The average molecular weight is 372 g/mol. The Morgan fingerprint density at radius 3 is 2.19 bits per heavy atom. The minimum Gasteiger partial charge on any atom is -0.339 e. The molecule has 1 heterocycles. The van der Waals surface area contributed by atoms with Gasteiger partial charge in [0.1, 0.15) is 0 Å². The van der Waals surface area contributed by atoms with Crippen LogP contribution in [0.25, 0.3) is 0 Å². The van der Waals surface area contributed by atoms with Crippen LogP contribution in [-0.4, -0.2) is 43.2 Å². The van der Waals surface area contributed by atoms with Crippen molar-refractivity contribution in [3.05, 3.63) is 65.7 Å². The predicted octanol–water partition coefficient (Wildman–Crippen LogP) is 3.13. The molecule has 1 aliphatic heterocycles. The van der Waals surface area contributed by atoms with Gasteiger partial charge in [-0.05, 0) is 42.7 Å². The fraction of sp³-hybridized carbons (Fsp3) is 0.350. The maximum Gasteiger partial charge on any atom is 0.253 e. The lowest BCUT2D eigenvalue weighted by atomic mass is 10.1. The molecule has 0 saturated carbocycles. The number of hydrogen-bond acceptors (Lipinski definition) is 3. The van der Waals surface area contributed by atoms with Crippen molar-refractivity contribution in [3.63, 3.8) is 0 Å². The van der Waals surface area contributed by atoms with E-state index in [-0.39, 0.29) is 12.5 Å². The lowest BCUT2D eigenvalue weighted by Crippen LogP contribution is -2.30. The number of benzene rings is 2. The molecule has 138 valence electrons. The van der Waals surface area contributed by atoms with Gasteiger partial charge in [0.05, 0.1) is 4.90 Å². The van der Waals surface area contributed by atoms with E-state index in [1.165, 1.54) is 4.31 Å². The highest BCUT2D eigenvalue weighted by Crippen LogP contribution is 2.19. The van der Waals surface area contributed by atoms with E-state index in [1.54, 1.807) is 42.5 Å². The molecule has 0 bridgehead atoms. The molecule has 5 nitrogen and oxygen atoms in total. The van der Waals surface area contributed by atoms with Gasteiger partial charge in [0.15, 0.2) is 0 Å². The topological polar surface area (TPSA) is 57.7 Å². The van der Waals surface area contributed by atoms with Gasteiger partial charge < -0.3 is 4.90 Å². The maximum atomic E-state index is 12.8. The molecule has 0 N–H and O–H groups in total. The summed E-state index contributed by atoms with van der Waals surface area (Å²) in [6.07, 6.45) is 2.12. The van der Waals surface area contributed by atoms with Crippen molar-refractivity contribution in [1.82, 2.24) is 9.21 Å². The van der Waals surface area contributed by atoms with Gasteiger partial charge in [-0.25, -0.2) is 8.42 Å². The van der Waals surface area contributed by atoms with Crippen LogP contribution in [0.4, 0.5) is 0 Å². The zero-order valence-electron chi connectivity index (χ0n) is 15.0. The minimum atomic E-state index is -3.53. The average Bonchev–Trinajstić information content (AvgIpc) is 3.21. The number of likely N-dealkylation sites (tertiary alicyclic amines) is 1. The number of carbonyl (C=O) groups is 1. The lowest BCUT2D eigenvalue weighted by molar-refractivity contribution is 0.0793. The first-order valence-corrected chi connectivity index (χ1v) is 10.4. The van der Waals surface area contributed by atoms with E-state index in [1.807, 2.05) is 24.0 Å². The van der Waals surface area contributed by atoms with Crippen molar-refractivity contribution >= 4 is 15.9 Å². The summed E-state index contributed by atoms with van der Waals surface area (Å²) in [5.41, 5.74) is 1.52. The number of nitrogens with zero attached hydrogens (tertiary/aromatic N) is 2. The van der Waals surface area contributed by atoms with E-state index in [2.05, 4.69) is 0 Å². The van der Waals surface area contributed by atoms with Crippen LogP contribution >= 0.6 is 0 Å². The molecule has 1 fully saturated rings. The van der Waals surface area contributed by atoms with Gasteiger partial charge in [-0.1, -0.05) is 37.3 Å². The van der Waals surface area contributed by atoms with E-state index in [0.29, 0.717) is 17.0 Å². The quantitative estimate of drug-likeness (QED) is 0.783. The Morgan fingerprint density at radius 2 is 1.62 bits per heavy atom. The van der Waals surface area contributed by atoms with Gasteiger partial charge in [-0.3, -0.25) is 4.79 Å². The molecule has 1 amide bonds. The first-order chi connectivity index (χ1) is 12.5. The first-order valence-electron chi connectivity index (χ1n) is 8.96. The lowest BCUT2D eigenvalue weighted by Gasteiger charge is -2.21. The SMILES string of the molecule is CCN(Cc1ccc(C(=O)N2CCCC2)cc1)S(=O)(=O)c1ccccc1.